The normalized spacial score (nSPS) is 16.0. The van der Waals surface area contributed by atoms with Gasteiger partial charge in [-0.15, -0.1) is 0 Å². The van der Waals surface area contributed by atoms with Crippen molar-refractivity contribution in [1.82, 2.24) is 0 Å². The highest BCUT2D eigenvalue weighted by Gasteiger charge is 2.08. The summed E-state index contributed by atoms with van der Waals surface area (Å²) in [5.41, 5.74) is 1.27. The van der Waals surface area contributed by atoms with Crippen LogP contribution in [0.1, 0.15) is 34.1 Å². The van der Waals surface area contributed by atoms with Gasteiger partial charge >= 0.3 is 0 Å². The van der Waals surface area contributed by atoms with Gasteiger partial charge in [0.05, 0.1) is 6.10 Å². The smallest absolute Gasteiger partial charge is 0.0600 e. The third-order valence-corrected chi connectivity index (χ3v) is 1.79. The van der Waals surface area contributed by atoms with Crippen LogP contribution in [-0.4, -0.2) is 11.2 Å². The van der Waals surface area contributed by atoms with Crippen LogP contribution in [-0.2, 0) is 0 Å². The topological polar surface area (TPSA) is 20.2 Å². The summed E-state index contributed by atoms with van der Waals surface area (Å²) in [6.45, 7) is 8.12. The van der Waals surface area contributed by atoms with Crippen molar-refractivity contribution < 1.29 is 5.11 Å². The van der Waals surface area contributed by atoms with E-state index in [1.54, 1.807) is 0 Å². The fourth-order valence-electron chi connectivity index (χ4n) is 0.683. The van der Waals surface area contributed by atoms with Crippen LogP contribution in [0.2, 0.25) is 0 Å². The zero-order valence-electron chi connectivity index (χ0n) is 7.39. The molecule has 1 atom stereocenters. The molecule has 0 aliphatic heterocycles. The number of allylic oxidation sites excluding steroid dienone is 1. The summed E-state index contributed by atoms with van der Waals surface area (Å²) in [5.74, 6) is 0.370. The Kier molecular flexibility index (Phi) is 4.37. The van der Waals surface area contributed by atoms with Crippen LogP contribution >= 0.6 is 0 Å². The molecule has 0 bridgehead atoms. The first-order chi connectivity index (χ1) is 4.57. The molecule has 0 radical (unpaired) electrons. The average molecular weight is 142 g/mol. The Balaban J connectivity index is 3.68. The minimum atomic E-state index is -0.170. The van der Waals surface area contributed by atoms with E-state index in [0.717, 1.165) is 6.42 Å². The SMILES string of the molecule is C/C=C(\C)CC(O)C(C)C. The third-order valence-electron chi connectivity index (χ3n) is 1.79. The lowest BCUT2D eigenvalue weighted by Gasteiger charge is -2.13. The largest absolute Gasteiger partial charge is 0.393 e. The summed E-state index contributed by atoms with van der Waals surface area (Å²) in [7, 11) is 0. The highest BCUT2D eigenvalue weighted by atomic mass is 16.3. The maximum atomic E-state index is 9.39. The van der Waals surface area contributed by atoms with Crippen LogP contribution in [0.5, 0.6) is 0 Å². The van der Waals surface area contributed by atoms with E-state index >= 15 is 0 Å². The van der Waals surface area contributed by atoms with Crippen LogP contribution in [0, 0.1) is 5.92 Å². The molecule has 0 amide bonds. The molecule has 0 rings (SSSR count). The van der Waals surface area contributed by atoms with Gasteiger partial charge in [-0.25, -0.2) is 0 Å². The second kappa shape index (κ2) is 4.51. The minimum Gasteiger partial charge on any atom is -0.393 e. The fraction of sp³-hybridized carbons (Fsp3) is 0.778. The average Bonchev–Trinajstić information content (AvgIpc) is 1.87. The van der Waals surface area contributed by atoms with E-state index in [1.807, 2.05) is 33.8 Å². The van der Waals surface area contributed by atoms with Crippen LogP contribution < -0.4 is 0 Å². The molecule has 0 spiro atoms. The molecule has 0 aliphatic carbocycles. The van der Waals surface area contributed by atoms with Gasteiger partial charge in [0.15, 0.2) is 0 Å². The van der Waals surface area contributed by atoms with E-state index in [2.05, 4.69) is 0 Å². The molecule has 1 N–H and O–H groups in total. The zero-order valence-corrected chi connectivity index (χ0v) is 7.39. The first-order valence-corrected chi connectivity index (χ1v) is 3.87. The maximum Gasteiger partial charge on any atom is 0.0600 e. The van der Waals surface area contributed by atoms with E-state index in [9.17, 15) is 5.11 Å². The maximum absolute atomic E-state index is 9.39. The highest BCUT2D eigenvalue weighted by Crippen LogP contribution is 2.11. The van der Waals surface area contributed by atoms with Gasteiger partial charge < -0.3 is 5.11 Å². The summed E-state index contributed by atoms with van der Waals surface area (Å²) in [6.07, 6.45) is 2.69. The van der Waals surface area contributed by atoms with Crippen molar-refractivity contribution in [2.24, 2.45) is 5.92 Å². The number of aliphatic hydroxyl groups excluding tert-OH is 1. The molecule has 0 aromatic carbocycles. The summed E-state index contributed by atoms with van der Waals surface area (Å²) < 4.78 is 0. The zero-order chi connectivity index (χ0) is 8.15. The van der Waals surface area contributed by atoms with Gasteiger partial charge in [-0.2, -0.15) is 0 Å². The Morgan fingerprint density at radius 3 is 2.30 bits per heavy atom. The van der Waals surface area contributed by atoms with Crippen molar-refractivity contribution in [3.05, 3.63) is 11.6 Å². The summed E-state index contributed by atoms with van der Waals surface area (Å²) >= 11 is 0. The van der Waals surface area contributed by atoms with Gasteiger partial charge in [-0.1, -0.05) is 25.5 Å². The molecule has 1 unspecified atom stereocenters. The molecular weight excluding hydrogens is 124 g/mol. The van der Waals surface area contributed by atoms with E-state index in [0.29, 0.717) is 5.92 Å². The van der Waals surface area contributed by atoms with Gasteiger partial charge in [-0.3, -0.25) is 0 Å². The minimum absolute atomic E-state index is 0.170. The molecule has 1 nitrogen and oxygen atoms in total. The van der Waals surface area contributed by atoms with Crippen molar-refractivity contribution in [3.8, 4) is 0 Å². The Bertz CT molecular complexity index is 114. The molecule has 0 fully saturated rings. The van der Waals surface area contributed by atoms with Crippen LogP contribution in [0.25, 0.3) is 0 Å². The van der Waals surface area contributed by atoms with Gasteiger partial charge in [0.1, 0.15) is 0 Å². The lowest BCUT2D eigenvalue weighted by molar-refractivity contribution is 0.125. The van der Waals surface area contributed by atoms with Crippen molar-refractivity contribution >= 4 is 0 Å². The summed E-state index contributed by atoms with van der Waals surface area (Å²) in [5, 5.41) is 9.39. The number of rotatable bonds is 3. The molecule has 0 aromatic heterocycles. The third kappa shape index (κ3) is 3.67. The van der Waals surface area contributed by atoms with Gasteiger partial charge in [0, 0.05) is 0 Å². The lowest BCUT2D eigenvalue weighted by Crippen LogP contribution is -2.14. The van der Waals surface area contributed by atoms with E-state index in [-0.39, 0.29) is 6.10 Å². The molecule has 1 heteroatoms. The van der Waals surface area contributed by atoms with E-state index < -0.39 is 0 Å². The molecule has 0 aromatic rings. The van der Waals surface area contributed by atoms with Crippen molar-refractivity contribution in [3.63, 3.8) is 0 Å². The second-order valence-electron chi connectivity index (χ2n) is 3.15. The van der Waals surface area contributed by atoms with Gasteiger partial charge in [-0.05, 0) is 26.2 Å². The van der Waals surface area contributed by atoms with Crippen LogP contribution in [0.15, 0.2) is 11.6 Å². The molecule has 0 heterocycles. The monoisotopic (exact) mass is 142 g/mol. The number of hydrogen-bond donors (Lipinski definition) is 1. The second-order valence-corrected chi connectivity index (χ2v) is 3.15. The first kappa shape index (κ1) is 9.70. The van der Waals surface area contributed by atoms with Crippen molar-refractivity contribution in [2.75, 3.05) is 0 Å². The fourth-order valence-corrected chi connectivity index (χ4v) is 0.683. The molecule has 0 saturated heterocycles. The Labute approximate surface area is 63.8 Å². The molecule has 60 valence electrons. The quantitative estimate of drug-likeness (QED) is 0.600. The van der Waals surface area contributed by atoms with Gasteiger partial charge in [0.25, 0.3) is 0 Å². The van der Waals surface area contributed by atoms with E-state index in [1.165, 1.54) is 5.57 Å². The standard InChI is InChI=1S/C9H18O/c1-5-8(4)6-9(10)7(2)3/h5,7,9-10H,6H2,1-4H3/b8-5+. The molecule has 10 heavy (non-hydrogen) atoms. The Morgan fingerprint density at radius 1 is 1.50 bits per heavy atom. The first-order valence-electron chi connectivity index (χ1n) is 3.87. The number of aliphatic hydroxyl groups is 1. The summed E-state index contributed by atoms with van der Waals surface area (Å²) in [4.78, 5) is 0. The van der Waals surface area contributed by atoms with E-state index in [4.69, 9.17) is 0 Å². The highest BCUT2D eigenvalue weighted by molar-refractivity contribution is 4.97. The predicted molar refractivity (Wildman–Crippen MR) is 44.9 cm³/mol. The molecular formula is C9H18O. The van der Waals surface area contributed by atoms with Gasteiger partial charge in [0.2, 0.25) is 0 Å². The van der Waals surface area contributed by atoms with Crippen molar-refractivity contribution in [1.29, 1.82) is 0 Å². The van der Waals surface area contributed by atoms with Crippen LogP contribution in [0.3, 0.4) is 0 Å². The van der Waals surface area contributed by atoms with Crippen molar-refractivity contribution in [2.45, 2.75) is 40.2 Å². The predicted octanol–water partition coefficient (Wildman–Crippen LogP) is 2.36. The Hall–Kier alpha value is -0.300. The number of hydrogen-bond acceptors (Lipinski definition) is 1. The lowest BCUT2D eigenvalue weighted by atomic mass is 10.0. The summed E-state index contributed by atoms with van der Waals surface area (Å²) in [6, 6.07) is 0. The molecule has 0 aliphatic rings. The molecule has 0 saturated carbocycles. The Morgan fingerprint density at radius 2 is 2.00 bits per heavy atom. The van der Waals surface area contributed by atoms with Crippen LogP contribution in [0.4, 0.5) is 0 Å².